The molecule has 0 aliphatic carbocycles. The highest BCUT2D eigenvalue weighted by atomic mass is 32.2. The largest absolute Gasteiger partial charge is 0.497 e. The first-order valence-electron chi connectivity index (χ1n) is 10.5. The normalized spacial score (nSPS) is 13.7. The number of ether oxygens (including phenoxy) is 2. The van der Waals surface area contributed by atoms with Crippen molar-refractivity contribution < 1.29 is 19.1 Å². The number of carbonyl (C=O) groups excluding carboxylic acids is 2. The second kappa shape index (κ2) is 9.99. The molecule has 0 N–H and O–H groups in total. The van der Waals surface area contributed by atoms with Crippen molar-refractivity contribution in [2.24, 2.45) is 0 Å². The van der Waals surface area contributed by atoms with Crippen LogP contribution in [0, 0.1) is 0 Å². The number of hydrogen-bond acceptors (Lipinski definition) is 6. The van der Waals surface area contributed by atoms with Crippen molar-refractivity contribution in [3.05, 3.63) is 66.0 Å². The van der Waals surface area contributed by atoms with Gasteiger partial charge in [-0.1, -0.05) is 17.8 Å². The second-order valence-corrected chi connectivity index (χ2v) is 8.26. The van der Waals surface area contributed by atoms with Crippen LogP contribution in [-0.4, -0.2) is 77.8 Å². The van der Waals surface area contributed by atoms with Gasteiger partial charge in [-0.2, -0.15) is 0 Å². The molecule has 0 saturated carbocycles. The van der Waals surface area contributed by atoms with Gasteiger partial charge in [-0.3, -0.25) is 14.2 Å². The Balaban J connectivity index is 1.44. The predicted molar refractivity (Wildman–Crippen MR) is 127 cm³/mol. The van der Waals surface area contributed by atoms with Crippen LogP contribution in [0.2, 0.25) is 0 Å². The third-order valence-electron chi connectivity index (χ3n) is 5.65. The Morgan fingerprint density at radius 2 is 1.67 bits per heavy atom. The van der Waals surface area contributed by atoms with Gasteiger partial charge in [-0.05, 0) is 36.6 Å². The van der Waals surface area contributed by atoms with Crippen molar-refractivity contribution in [3.8, 4) is 17.2 Å². The van der Waals surface area contributed by atoms with E-state index in [0.29, 0.717) is 48.8 Å². The lowest BCUT2D eigenvalue weighted by Gasteiger charge is -2.35. The Bertz CT molecular complexity index is 1150. The van der Waals surface area contributed by atoms with E-state index >= 15 is 0 Å². The molecular formula is C24H26N4O4S. The van der Waals surface area contributed by atoms with E-state index in [1.165, 1.54) is 7.11 Å². The Morgan fingerprint density at radius 3 is 2.33 bits per heavy atom. The number of imidazole rings is 1. The number of aromatic nitrogens is 2. The number of rotatable bonds is 6. The average molecular weight is 467 g/mol. The summed E-state index contributed by atoms with van der Waals surface area (Å²) in [4.78, 5) is 34.1. The van der Waals surface area contributed by atoms with Crippen LogP contribution >= 0.6 is 11.8 Å². The molecule has 0 unspecified atom stereocenters. The van der Waals surface area contributed by atoms with E-state index in [4.69, 9.17) is 9.47 Å². The van der Waals surface area contributed by atoms with E-state index in [1.54, 1.807) is 53.1 Å². The number of piperazine rings is 1. The Morgan fingerprint density at radius 1 is 0.939 bits per heavy atom. The van der Waals surface area contributed by atoms with Crippen molar-refractivity contribution in [1.29, 1.82) is 0 Å². The van der Waals surface area contributed by atoms with Gasteiger partial charge in [0.25, 0.3) is 11.8 Å². The fraction of sp³-hybridized carbons (Fsp3) is 0.292. The monoisotopic (exact) mass is 466 g/mol. The van der Waals surface area contributed by atoms with Crippen molar-refractivity contribution >= 4 is 23.6 Å². The number of methoxy groups -OCH3 is 2. The number of benzene rings is 2. The molecule has 1 aliphatic heterocycles. The van der Waals surface area contributed by atoms with Crippen molar-refractivity contribution in [2.75, 3.05) is 46.7 Å². The van der Waals surface area contributed by atoms with Crippen LogP contribution in [-0.2, 0) is 0 Å². The van der Waals surface area contributed by atoms with Crippen LogP contribution in [0.4, 0.5) is 0 Å². The zero-order valence-electron chi connectivity index (χ0n) is 18.9. The van der Waals surface area contributed by atoms with E-state index in [1.807, 2.05) is 41.3 Å². The fourth-order valence-corrected chi connectivity index (χ4v) is 4.40. The zero-order valence-corrected chi connectivity index (χ0v) is 19.7. The molecular weight excluding hydrogens is 440 g/mol. The summed E-state index contributed by atoms with van der Waals surface area (Å²) in [6.07, 6.45) is 5.60. The van der Waals surface area contributed by atoms with E-state index in [0.717, 1.165) is 10.8 Å². The molecule has 0 radical (unpaired) electrons. The Hall–Kier alpha value is -3.46. The van der Waals surface area contributed by atoms with Crippen LogP contribution in [0.15, 0.2) is 60.0 Å². The Labute approximate surface area is 197 Å². The quantitative estimate of drug-likeness (QED) is 0.519. The molecule has 2 heterocycles. The van der Waals surface area contributed by atoms with Crippen molar-refractivity contribution in [2.45, 2.75) is 5.16 Å². The maximum Gasteiger partial charge on any atom is 0.257 e. The Kier molecular flexibility index (Phi) is 6.88. The van der Waals surface area contributed by atoms with Crippen LogP contribution < -0.4 is 9.47 Å². The van der Waals surface area contributed by atoms with Crippen molar-refractivity contribution in [1.82, 2.24) is 19.4 Å². The van der Waals surface area contributed by atoms with Crippen LogP contribution in [0.5, 0.6) is 11.5 Å². The van der Waals surface area contributed by atoms with Gasteiger partial charge in [0.05, 0.1) is 19.8 Å². The van der Waals surface area contributed by atoms with Gasteiger partial charge in [0, 0.05) is 55.9 Å². The van der Waals surface area contributed by atoms with Gasteiger partial charge in [0.2, 0.25) is 0 Å². The highest BCUT2D eigenvalue weighted by molar-refractivity contribution is 7.98. The molecule has 0 atom stereocenters. The molecule has 172 valence electrons. The summed E-state index contributed by atoms with van der Waals surface area (Å²) in [5, 5.41) is 0.862. The van der Waals surface area contributed by atoms with Crippen LogP contribution in [0.25, 0.3) is 5.69 Å². The van der Waals surface area contributed by atoms with E-state index in [2.05, 4.69) is 4.98 Å². The summed E-state index contributed by atoms with van der Waals surface area (Å²) >= 11 is 1.55. The molecule has 0 bridgehead atoms. The average Bonchev–Trinajstić information content (AvgIpc) is 3.36. The summed E-state index contributed by atoms with van der Waals surface area (Å²) in [6, 6.07) is 12.7. The first kappa shape index (κ1) is 22.7. The standard InChI is InChI=1S/C24H26N4O4S/c1-31-19-7-8-20(21(16-19)32-2)23(30)27-13-11-26(12-14-27)22(29)17-5-4-6-18(15-17)28-10-9-25-24(28)33-3/h4-10,15-16H,11-14H2,1-3H3. The van der Waals surface area contributed by atoms with Crippen LogP contribution in [0.1, 0.15) is 20.7 Å². The molecule has 1 aliphatic rings. The number of carbonyl (C=O) groups is 2. The lowest BCUT2D eigenvalue weighted by molar-refractivity contribution is 0.0533. The minimum atomic E-state index is -0.117. The predicted octanol–water partition coefficient (Wildman–Crippen LogP) is 3.21. The molecule has 33 heavy (non-hydrogen) atoms. The fourth-order valence-electron chi connectivity index (χ4n) is 3.87. The second-order valence-electron chi connectivity index (χ2n) is 7.48. The summed E-state index contributed by atoms with van der Waals surface area (Å²) in [6.45, 7) is 1.85. The third-order valence-corrected chi connectivity index (χ3v) is 6.32. The molecule has 3 aromatic rings. The van der Waals surface area contributed by atoms with Gasteiger partial charge in [0.15, 0.2) is 5.16 Å². The molecule has 1 fully saturated rings. The van der Waals surface area contributed by atoms with Gasteiger partial charge >= 0.3 is 0 Å². The molecule has 4 rings (SSSR count). The molecule has 2 aromatic carbocycles. The van der Waals surface area contributed by atoms with Crippen LogP contribution in [0.3, 0.4) is 0 Å². The van der Waals surface area contributed by atoms with Gasteiger partial charge in [0.1, 0.15) is 11.5 Å². The SMILES string of the molecule is COc1ccc(C(=O)N2CCN(C(=O)c3cccc(-n4ccnc4SC)c3)CC2)c(OC)c1. The summed E-state index contributed by atoms with van der Waals surface area (Å²) in [7, 11) is 3.10. The van der Waals surface area contributed by atoms with E-state index in [9.17, 15) is 9.59 Å². The van der Waals surface area contributed by atoms with Gasteiger partial charge in [-0.15, -0.1) is 0 Å². The highest BCUT2D eigenvalue weighted by Gasteiger charge is 2.27. The molecule has 1 aromatic heterocycles. The molecule has 0 spiro atoms. The summed E-state index contributed by atoms with van der Waals surface area (Å²) in [5.41, 5.74) is 1.99. The first-order chi connectivity index (χ1) is 16.0. The number of nitrogens with zero attached hydrogens (tertiary/aromatic N) is 4. The van der Waals surface area contributed by atoms with E-state index in [-0.39, 0.29) is 11.8 Å². The molecule has 1 saturated heterocycles. The number of amides is 2. The minimum Gasteiger partial charge on any atom is -0.497 e. The topological polar surface area (TPSA) is 76.9 Å². The summed E-state index contributed by atoms with van der Waals surface area (Å²) in [5.74, 6) is 0.935. The van der Waals surface area contributed by atoms with E-state index < -0.39 is 0 Å². The third kappa shape index (κ3) is 4.68. The summed E-state index contributed by atoms with van der Waals surface area (Å²) < 4.78 is 12.5. The lowest BCUT2D eigenvalue weighted by atomic mass is 10.1. The first-order valence-corrected chi connectivity index (χ1v) is 11.8. The minimum absolute atomic E-state index is 0.0446. The molecule has 8 nitrogen and oxygen atoms in total. The van der Waals surface area contributed by atoms with Crippen molar-refractivity contribution in [3.63, 3.8) is 0 Å². The lowest BCUT2D eigenvalue weighted by Crippen LogP contribution is -2.50. The molecule has 2 amide bonds. The maximum absolute atomic E-state index is 13.2. The number of hydrogen-bond donors (Lipinski definition) is 0. The smallest absolute Gasteiger partial charge is 0.257 e. The highest BCUT2D eigenvalue weighted by Crippen LogP contribution is 2.26. The maximum atomic E-state index is 13.2. The number of thioether (sulfide) groups is 1. The zero-order chi connectivity index (χ0) is 23.4. The van der Waals surface area contributed by atoms with Gasteiger partial charge < -0.3 is 19.3 Å². The molecule has 9 heteroatoms. The van der Waals surface area contributed by atoms with Gasteiger partial charge in [-0.25, -0.2) is 4.98 Å².